The van der Waals surface area contributed by atoms with E-state index in [-0.39, 0.29) is 25.7 Å². The van der Waals surface area contributed by atoms with Crippen molar-refractivity contribution in [2.24, 2.45) is 17.8 Å². The van der Waals surface area contributed by atoms with Crippen molar-refractivity contribution in [1.82, 2.24) is 0 Å². The number of hydrogen-bond donors (Lipinski definition) is 3. The molecule has 0 bridgehead atoms. The van der Waals surface area contributed by atoms with Crippen molar-refractivity contribution >= 4 is 39.5 Å². The number of rotatable bonds is 68. The number of carbonyl (C=O) groups excluding carboxylic acids is 4. The molecule has 0 fully saturated rings. The van der Waals surface area contributed by atoms with Crippen LogP contribution < -0.4 is 0 Å². The van der Waals surface area contributed by atoms with Crippen molar-refractivity contribution in [2.45, 2.75) is 369 Å². The number of carbonyl (C=O) groups is 4. The normalized spacial score (nSPS) is 14.2. The second-order valence-corrected chi connectivity index (χ2v) is 29.6. The molecule has 0 heterocycles. The maximum atomic E-state index is 13.0. The van der Waals surface area contributed by atoms with E-state index >= 15 is 0 Å². The highest BCUT2D eigenvalue weighted by Gasteiger charge is 2.30. The molecule has 2 unspecified atom stereocenters. The summed E-state index contributed by atoms with van der Waals surface area (Å²) in [6.45, 7) is 11.7. The quantitative estimate of drug-likeness (QED) is 0.0222. The Bertz CT molecular complexity index is 1750. The van der Waals surface area contributed by atoms with E-state index < -0.39 is 97.5 Å². The molecule has 0 aliphatic rings. The van der Waals surface area contributed by atoms with Crippen LogP contribution in [0.15, 0.2) is 0 Å². The van der Waals surface area contributed by atoms with E-state index in [2.05, 4.69) is 48.5 Å². The zero-order valence-electron chi connectivity index (χ0n) is 57.9. The minimum atomic E-state index is -4.95. The topological polar surface area (TPSA) is 237 Å². The third-order valence-electron chi connectivity index (χ3n) is 16.1. The number of esters is 4. The molecule has 0 aromatic heterocycles. The number of unbranched alkanes of at least 4 members (excludes halogenated alkanes) is 36. The predicted octanol–water partition coefficient (Wildman–Crippen LogP) is 19.8. The molecule has 0 aromatic carbocycles. The second-order valence-electron chi connectivity index (χ2n) is 26.7. The maximum absolute atomic E-state index is 13.0. The summed E-state index contributed by atoms with van der Waals surface area (Å²) in [6, 6.07) is 0. The Hall–Kier alpha value is -1.94. The molecule has 0 radical (unpaired) electrons. The van der Waals surface area contributed by atoms with Gasteiger partial charge in [0.25, 0.3) is 0 Å². The highest BCUT2D eigenvalue weighted by Crippen LogP contribution is 2.45. The fraction of sp³-hybridized carbons (Fsp3) is 0.943. The van der Waals surface area contributed by atoms with Crippen LogP contribution in [-0.2, 0) is 65.4 Å². The second kappa shape index (κ2) is 61.0. The van der Waals surface area contributed by atoms with Crippen molar-refractivity contribution in [2.75, 3.05) is 39.6 Å². The van der Waals surface area contributed by atoms with Gasteiger partial charge in [0.2, 0.25) is 0 Å². The highest BCUT2D eigenvalue weighted by molar-refractivity contribution is 7.47. The van der Waals surface area contributed by atoms with E-state index in [1.165, 1.54) is 154 Å². The Morgan fingerprint density at radius 2 is 0.517 bits per heavy atom. The Kier molecular flexibility index (Phi) is 59.6. The molecule has 0 aromatic rings. The molecule has 17 nitrogen and oxygen atoms in total. The van der Waals surface area contributed by atoms with Crippen LogP contribution in [0.3, 0.4) is 0 Å². The van der Waals surface area contributed by atoms with Gasteiger partial charge >= 0.3 is 39.5 Å². The van der Waals surface area contributed by atoms with Crippen molar-refractivity contribution in [3.63, 3.8) is 0 Å². The lowest BCUT2D eigenvalue weighted by Gasteiger charge is -2.21. The average Bonchev–Trinajstić information content (AvgIpc) is 3.70. The van der Waals surface area contributed by atoms with Gasteiger partial charge in [0.05, 0.1) is 26.4 Å². The van der Waals surface area contributed by atoms with Gasteiger partial charge in [-0.3, -0.25) is 37.3 Å². The molecule has 0 saturated carbocycles. The molecule has 5 atom stereocenters. The van der Waals surface area contributed by atoms with Gasteiger partial charge in [-0.25, -0.2) is 9.13 Å². The first-order valence-electron chi connectivity index (χ1n) is 36.3. The lowest BCUT2D eigenvalue weighted by molar-refractivity contribution is -0.161. The Labute approximate surface area is 543 Å². The Balaban J connectivity index is 5.24. The van der Waals surface area contributed by atoms with E-state index in [1.54, 1.807) is 0 Å². The van der Waals surface area contributed by atoms with Crippen molar-refractivity contribution in [3.8, 4) is 0 Å². The SMILES string of the molecule is CCCCCCCCCCCCCCCCCCC(=O)O[C@H](COC(=O)CCCCCCCCCCCCC(C)C)COP(=O)(O)OC[C@@H](O)COP(=O)(O)OC[C@@H](COC(=O)CCCCCCCCCC(C)C)OC(=O)CCCCCCCCCC(C)C. The van der Waals surface area contributed by atoms with E-state index in [9.17, 15) is 43.2 Å². The van der Waals surface area contributed by atoms with E-state index in [0.29, 0.717) is 37.5 Å². The minimum Gasteiger partial charge on any atom is -0.462 e. The van der Waals surface area contributed by atoms with Crippen LogP contribution >= 0.6 is 15.6 Å². The first-order valence-corrected chi connectivity index (χ1v) is 39.3. The lowest BCUT2D eigenvalue weighted by atomic mass is 10.0. The molecule has 528 valence electrons. The van der Waals surface area contributed by atoms with Crippen LogP contribution in [0.5, 0.6) is 0 Å². The first-order chi connectivity index (χ1) is 42.7. The van der Waals surface area contributed by atoms with Gasteiger partial charge in [-0.2, -0.15) is 0 Å². The largest absolute Gasteiger partial charge is 0.472 e. The number of phosphoric ester groups is 2. The van der Waals surface area contributed by atoms with Crippen LogP contribution in [0.2, 0.25) is 0 Å². The van der Waals surface area contributed by atoms with Gasteiger partial charge < -0.3 is 33.8 Å². The third kappa shape index (κ3) is 64.6. The minimum absolute atomic E-state index is 0.102. The molecule has 0 amide bonds. The maximum Gasteiger partial charge on any atom is 0.472 e. The smallest absolute Gasteiger partial charge is 0.462 e. The summed E-state index contributed by atoms with van der Waals surface area (Å²) in [6.07, 6.45) is 44.6. The number of ether oxygens (including phenoxy) is 4. The van der Waals surface area contributed by atoms with E-state index in [4.69, 9.17) is 37.0 Å². The van der Waals surface area contributed by atoms with E-state index in [1.807, 2.05) is 0 Å². The molecule has 0 rings (SSSR count). The van der Waals surface area contributed by atoms with Crippen LogP contribution in [0.4, 0.5) is 0 Å². The first kappa shape index (κ1) is 87.1. The third-order valence-corrected chi connectivity index (χ3v) is 18.0. The average molecular weight is 1310 g/mol. The Morgan fingerprint density at radius 3 is 0.764 bits per heavy atom. The fourth-order valence-corrected chi connectivity index (χ4v) is 12.1. The van der Waals surface area contributed by atoms with E-state index in [0.717, 1.165) is 102 Å². The van der Waals surface area contributed by atoms with Crippen molar-refractivity contribution in [3.05, 3.63) is 0 Å². The molecule has 0 spiro atoms. The summed E-state index contributed by atoms with van der Waals surface area (Å²) >= 11 is 0. The predicted molar refractivity (Wildman–Crippen MR) is 358 cm³/mol. The number of aliphatic hydroxyl groups is 1. The molecule has 0 saturated heterocycles. The van der Waals surface area contributed by atoms with Crippen LogP contribution in [0, 0.1) is 17.8 Å². The molecule has 3 N–H and O–H groups in total. The monoisotopic (exact) mass is 1310 g/mol. The van der Waals surface area contributed by atoms with Gasteiger partial charge in [-0.15, -0.1) is 0 Å². The Morgan fingerprint density at radius 1 is 0.303 bits per heavy atom. The highest BCUT2D eigenvalue weighted by atomic mass is 31.2. The van der Waals surface area contributed by atoms with Gasteiger partial charge in [-0.05, 0) is 43.4 Å². The zero-order valence-corrected chi connectivity index (χ0v) is 59.7. The van der Waals surface area contributed by atoms with Gasteiger partial charge in [0.1, 0.15) is 19.3 Å². The summed E-state index contributed by atoms with van der Waals surface area (Å²) in [5.41, 5.74) is 0. The van der Waals surface area contributed by atoms with Crippen LogP contribution in [0.1, 0.15) is 350 Å². The van der Waals surface area contributed by atoms with Gasteiger partial charge in [0.15, 0.2) is 12.2 Å². The fourth-order valence-electron chi connectivity index (χ4n) is 10.5. The van der Waals surface area contributed by atoms with Gasteiger partial charge in [0, 0.05) is 25.7 Å². The van der Waals surface area contributed by atoms with Crippen molar-refractivity contribution in [1.29, 1.82) is 0 Å². The summed E-state index contributed by atoms with van der Waals surface area (Å²) in [7, 11) is -9.90. The molecule has 0 aliphatic heterocycles. The summed E-state index contributed by atoms with van der Waals surface area (Å²) in [5, 5.41) is 10.6. The number of hydrogen-bond acceptors (Lipinski definition) is 15. The molecule has 19 heteroatoms. The van der Waals surface area contributed by atoms with Gasteiger partial charge in [-0.1, -0.05) is 299 Å². The summed E-state index contributed by atoms with van der Waals surface area (Å²) in [5.74, 6) is 0.0306. The molecular formula is C70H136O17P2. The summed E-state index contributed by atoms with van der Waals surface area (Å²) in [4.78, 5) is 72.5. The number of phosphoric acid groups is 2. The molecule has 89 heavy (non-hydrogen) atoms. The van der Waals surface area contributed by atoms with Crippen LogP contribution in [-0.4, -0.2) is 96.7 Å². The van der Waals surface area contributed by atoms with Crippen LogP contribution in [0.25, 0.3) is 0 Å². The lowest BCUT2D eigenvalue weighted by Crippen LogP contribution is -2.30. The molecular weight excluding hydrogens is 1170 g/mol. The van der Waals surface area contributed by atoms with Crippen molar-refractivity contribution < 1.29 is 80.2 Å². The zero-order chi connectivity index (χ0) is 65.9. The molecule has 0 aliphatic carbocycles. The number of aliphatic hydroxyl groups excluding tert-OH is 1. The summed E-state index contributed by atoms with van der Waals surface area (Å²) < 4.78 is 68.2. The standard InChI is InChI=1S/C70H136O17P2/c1-8-9-10-11-12-13-14-15-16-17-18-19-24-31-39-46-53-69(74)86-65(57-80-67(72)51-44-37-30-23-21-20-22-27-34-41-48-61(2)3)59-84-88(76,77)82-55-64(71)56-83-89(78,79)85-60-66(87-70(75)54-47-40-33-26-29-36-43-50-63(6)7)58-81-68(73)52-45-38-32-25-28-35-42-49-62(4)5/h61-66,71H,8-60H2,1-7H3,(H,76,77)(H,78,79)/t64-,65-,66-/m1/s1.